The quantitative estimate of drug-likeness (QED) is 0.469. The van der Waals surface area contributed by atoms with Gasteiger partial charge in [0.2, 0.25) is 0 Å². The first-order valence-corrected chi connectivity index (χ1v) is 10.3. The Hall–Kier alpha value is -2.81. The maximum absolute atomic E-state index is 6.14. The zero-order valence-electron chi connectivity index (χ0n) is 18.4. The molecule has 0 saturated carbocycles. The van der Waals surface area contributed by atoms with Crippen molar-refractivity contribution in [1.82, 2.24) is 4.98 Å². The molecule has 0 atom stereocenters. The first-order chi connectivity index (χ1) is 14.0. The molecule has 0 fully saturated rings. The van der Waals surface area contributed by atoms with Gasteiger partial charge in [-0.3, -0.25) is 4.98 Å². The Morgan fingerprint density at radius 3 is 2.17 bits per heavy atom. The molecule has 0 aliphatic heterocycles. The van der Waals surface area contributed by atoms with Crippen LogP contribution >= 0.6 is 0 Å². The van der Waals surface area contributed by atoms with Crippen LogP contribution < -0.4 is 9.47 Å². The van der Waals surface area contributed by atoms with Gasteiger partial charge in [-0.15, -0.1) is 0 Å². The van der Waals surface area contributed by atoms with Crippen molar-refractivity contribution in [3.05, 3.63) is 76.0 Å². The number of hydrogen-bond acceptors (Lipinski definition) is 3. The SMILES string of the molecule is CCc1cccc(CC)c1-c1cc(OC)c(COc2cc(C)cc(C)c2C)cn1. The van der Waals surface area contributed by atoms with E-state index in [1.165, 1.54) is 33.4 Å². The summed E-state index contributed by atoms with van der Waals surface area (Å²) >= 11 is 0. The van der Waals surface area contributed by atoms with E-state index < -0.39 is 0 Å². The van der Waals surface area contributed by atoms with E-state index in [1.54, 1.807) is 7.11 Å². The van der Waals surface area contributed by atoms with Crippen LogP contribution in [0.15, 0.2) is 42.6 Å². The number of nitrogens with zero attached hydrogens (tertiary/aromatic N) is 1. The number of hydrogen-bond donors (Lipinski definition) is 0. The van der Waals surface area contributed by atoms with Crippen LogP contribution in [0.4, 0.5) is 0 Å². The molecule has 29 heavy (non-hydrogen) atoms. The van der Waals surface area contributed by atoms with Crippen LogP contribution in [0.2, 0.25) is 0 Å². The minimum absolute atomic E-state index is 0.427. The van der Waals surface area contributed by atoms with E-state index in [0.29, 0.717) is 6.61 Å². The fraction of sp³-hybridized carbons (Fsp3) is 0.346. The number of methoxy groups -OCH3 is 1. The van der Waals surface area contributed by atoms with Gasteiger partial charge in [-0.05, 0) is 67.5 Å². The number of benzene rings is 2. The maximum atomic E-state index is 6.14. The van der Waals surface area contributed by atoms with Gasteiger partial charge in [0.1, 0.15) is 18.1 Å². The van der Waals surface area contributed by atoms with Gasteiger partial charge in [0.25, 0.3) is 0 Å². The molecule has 3 nitrogen and oxygen atoms in total. The highest BCUT2D eigenvalue weighted by molar-refractivity contribution is 5.69. The maximum Gasteiger partial charge on any atom is 0.129 e. The molecular formula is C26H31NO2. The van der Waals surface area contributed by atoms with Crippen LogP contribution in [0, 0.1) is 20.8 Å². The average Bonchev–Trinajstić information content (AvgIpc) is 2.74. The lowest BCUT2D eigenvalue weighted by atomic mass is 9.94. The second-order valence-electron chi connectivity index (χ2n) is 7.53. The van der Waals surface area contributed by atoms with Crippen molar-refractivity contribution in [2.45, 2.75) is 54.1 Å². The highest BCUT2D eigenvalue weighted by atomic mass is 16.5. The van der Waals surface area contributed by atoms with E-state index in [9.17, 15) is 0 Å². The molecule has 3 rings (SSSR count). The third-order valence-electron chi connectivity index (χ3n) is 5.57. The Morgan fingerprint density at radius 2 is 1.55 bits per heavy atom. The van der Waals surface area contributed by atoms with Gasteiger partial charge in [-0.2, -0.15) is 0 Å². The largest absolute Gasteiger partial charge is 0.496 e. The summed E-state index contributed by atoms with van der Waals surface area (Å²) in [5.41, 5.74) is 9.37. The first-order valence-electron chi connectivity index (χ1n) is 10.3. The summed E-state index contributed by atoms with van der Waals surface area (Å²) in [4.78, 5) is 4.78. The number of pyridine rings is 1. The minimum atomic E-state index is 0.427. The average molecular weight is 390 g/mol. The second kappa shape index (κ2) is 9.13. The van der Waals surface area contributed by atoms with Crippen LogP contribution in [0.1, 0.15) is 47.2 Å². The fourth-order valence-corrected chi connectivity index (χ4v) is 3.78. The molecule has 0 spiro atoms. The summed E-state index contributed by atoms with van der Waals surface area (Å²) in [6.07, 6.45) is 3.84. The van der Waals surface area contributed by atoms with E-state index in [-0.39, 0.29) is 0 Å². The van der Waals surface area contributed by atoms with Crippen LogP contribution in [-0.2, 0) is 19.4 Å². The molecule has 0 unspecified atom stereocenters. The van der Waals surface area contributed by atoms with Crippen molar-refractivity contribution in [2.24, 2.45) is 0 Å². The van der Waals surface area contributed by atoms with Crippen LogP contribution in [-0.4, -0.2) is 12.1 Å². The van der Waals surface area contributed by atoms with E-state index in [1.807, 2.05) is 12.3 Å². The van der Waals surface area contributed by atoms with Crippen molar-refractivity contribution in [2.75, 3.05) is 7.11 Å². The Labute approximate surface area is 174 Å². The van der Waals surface area contributed by atoms with Gasteiger partial charge in [0.05, 0.1) is 12.8 Å². The Morgan fingerprint density at radius 1 is 0.862 bits per heavy atom. The highest BCUT2D eigenvalue weighted by Gasteiger charge is 2.14. The highest BCUT2D eigenvalue weighted by Crippen LogP contribution is 2.32. The molecule has 0 amide bonds. The van der Waals surface area contributed by atoms with Gasteiger partial charge < -0.3 is 9.47 Å². The third kappa shape index (κ3) is 4.45. The molecule has 3 heteroatoms. The standard InChI is InChI=1S/C26H31NO2/c1-7-20-10-9-11-21(8-2)26(20)23-14-25(28-6)22(15-27-23)16-29-24-13-17(3)12-18(4)19(24)5/h9-15H,7-8,16H2,1-6H3. The van der Waals surface area contributed by atoms with Crippen LogP contribution in [0.25, 0.3) is 11.3 Å². The molecule has 0 radical (unpaired) electrons. The number of ether oxygens (including phenoxy) is 2. The van der Waals surface area contributed by atoms with Gasteiger partial charge >= 0.3 is 0 Å². The topological polar surface area (TPSA) is 31.4 Å². The lowest BCUT2D eigenvalue weighted by Gasteiger charge is -2.16. The summed E-state index contributed by atoms with van der Waals surface area (Å²) in [5, 5.41) is 0. The van der Waals surface area contributed by atoms with Gasteiger partial charge in [0.15, 0.2) is 0 Å². The molecule has 2 aromatic carbocycles. The summed E-state index contributed by atoms with van der Waals surface area (Å²) in [7, 11) is 1.71. The Balaban J connectivity index is 1.93. The van der Waals surface area contributed by atoms with Crippen molar-refractivity contribution >= 4 is 0 Å². The first kappa shape index (κ1) is 20.9. The zero-order chi connectivity index (χ0) is 21.0. The molecule has 0 aliphatic rings. The van der Waals surface area contributed by atoms with Gasteiger partial charge in [0, 0.05) is 23.4 Å². The van der Waals surface area contributed by atoms with Crippen molar-refractivity contribution in [1.29, 1.82) is 0 Å². The molecular weight excluding hydrogens is 358 g/mol. The van der Waals surface area contributed by atoms with Crippen LogP contribution in [0.3, 0.4) is 0 Å². The van der Waals surface area contributed by atoms with Crippen molar-refractivity contribution < 1.29 is 9.47 Å². The van der Waals surface area contributed by atoms with Crippen LogP contribution in [0.5, 0.6) is 11.5 Å². The Bertz CT molecular complexity index is 986. The summed E-state index contributed by atoms with van der Waals surface area (Å²) in [6.45, 7) is 11.1. The number of aryl methyl sites for hydroxylation is 4. The van der Waals surface area contributed by atoms with Crippen molar-refractivity contribution in [3.63, 3.8) is 0 Å². The second-order valence-corrected chi connectivity index (χ2v) is 7.53. The van der Waals surface area contributed by atoms with Gasteiger partial charge in [-0.25, -0.2) is 0 Å². The van der Waals surface area contributed by atoms with E-state index >= 15 is 0 Å². The molecule has 0 saturated heterocycles. The monoisotopic (exact) mass is 389 g/mol. The van der Waals surface area contributed by atoms with Crippen molar-refractivity contribution in [3.8, 4) is 22.8 Å². The molecule has 0 N–H and O–H groups in total. The van der Waals surface area contributed by atoms with E-state index in [0.717, 1.165) is 35.6 Å². The molecule has 0 aliphatic carbocycles. The molecule has 1 heterocycles. The van der Waals surface area contributed by atoms with E-state index in [2.05, 4.69) is 65.0 Å². The fourth-order valence-electron chi connectivity index (χ4n) is 3.78. The smallest absolute Gasteiger partial charge is 0.129 e. The predicted octanol–water partition coefficient (Wildman–Crippen LogP) is 6.39. The molecule has 152 valence electrons. The Kier molecular flexibility index (Phi) is 6.58. The molecule has 0 bridgehead atoms. The summed E-state index contributed by atoms with van der Waals surface area (Å²) in [6, 6.07) is 12.8. The zero-order valence-corrected chi connectivity index (χ0v) is 18.4. The third-order valence-corrected chi connectivity index (χ3v) is 5.57. The lowest BCUT2D eigenvalue weighted by molar-refractivity contribution is 0.294. The summed E-state index contributed by atoms with van der Waals surface area (Å²) in [5.74, 6) is 1.73. The van der Waals surface area contributed by atoms with E-state index in [4.69, 9.17) is 14.5 Å². The number of rotatable bonds is 7. The predicted molar refractivity (Wildman–Crippen MR) is 120 cm³/mol. The molecule has 3 aromatic rings. The summed E-state index contributed by atoms with van der Waals surface area (Å²) < 4.78 is 11.8. The lowest BCUT2D eigenvalue weighted by Crippen LogP contribution is -2.03. The van der Waals surface area contributed by atoms with Gasteiger partial charge in [-0.1, -0.05) is 38.1 Å². The molecule has 1 aromatic heterocycles. The number of aromatic nitrogens is 1. The normalized spacial score (nSPS) is 10.8. The minimum Gasteiger partial charge on any atom is -0.496 e.